The van der Waals surface area contributed by atoms with E-state index in [9.17, 15) is 13.6 Å². The lowest BCUT2D eigenvalue weighted by molar-refractivity contribution is -0.0514. The van der Waals surface area contributed by atoms with Crippen molar-refractivity contribution in [2.75, 3.05) is 11.5 Å². The predicted octanol–water partition coefficient (Wildman–Crippen LogP) is 5.12. The number of aromatic nitrogens is 1. The Bertz CT molecular complexity index is 982. The third-order valence-corrected chi connectivity index (χ3v) is 4.24. The number of carbonyl (C=O) groups is 1. The molecule has 0 atom stereocenters. The maximum Gasteiger partial charge on any atom is 0.387 e. The SMILES string of the molecule is CCOc1cc(N(Cc2cccnc2)c2ccc(C(=O)O)cc2)ccc1OC(F)F. The van der Waals surface area contributed by atoms with Gasteiger partial charge in [-0.2, -0.15) is 8.78 Å². The lowest BCUT2D eigenvalue weighted by Crippen LogP contribution is -2.17. The minimum Gasteiger partial charge on any atom is -0.490 e. The number of benzene rings is 2. The largest absolute Gasteiger partial charge is 0.490 e. The van der Waals surface area contributed by atoms with Crippen LogP contribution in [0.4, 0.5) is 20.2 Å². The summed E-state index contributed by atoms with van der Waals surface area (Å²) in [6.45, 7) is -0.526. The minimum atomic E-state index is -2.97. The molecular formula is C22H20F2N2O4. The van der Waals surface area contributed by atoms with E-state index in [1.54, 1.807) is 43.6 Å². The highest BCUT2D eigenvalue weighted by molar-refractivity contribution is 5.88. The molecule has 0 amide bonds. The van der Waals surface area contributed by atoms with Gasteiger partial charge in [-0.1, -0.05) is 6.07 Å². The first-order chi connectivity index (χ1) is 14.5. The fourth-order valence-electron chi connectivity index (χ4n) is 2.92. The van der Waals surface area contributed by atoms with Crippen molar-refractivity contribution < 1.29 is 28.2 Å². The van der Waals surface area contributed by atoms with Crippen LogP contribution in [0, 0.1) is 0 Å². The molecule has 0 aliphatic rings. The summed E-state index contributed by atoms with van der Waals surface area (Å²) in [6, 6.07) is 14.8. The molecule has 0 aliphatic carbocycles. The molecule has 156 valence electrons. The van der Waals surface area contributed by atoms with Gasteiger partial charge in [0.05, 0.1) is 12.2 Å². The van der Waals surface area contributed by atoms with Crippen LogP contribution in [0.2, 0.25) is 0 Å². The Kier molecular flexibility index (Phi) is 6.79. The fraction of sp³-hybridized carbons (Fsp3) is 0.182. The van der Waals surface area contributed by atoms with Crippen LogP contribution in [0.15, 0.2) is 67.0 Å². The second kappa shape index (κ2) is 9.69. The van der Waals surface area contributed by atoms with Crippen molar-refractivity contribution >= 4 is 17.3 Å². The molecule has 1 N–H and O–H groups in total. The molecule has 3 rings (SSSR count). The van der Waals surface area contributed by atoms with E-state index >= 15 is 0 Å². The summed E-state index contributed by atoms with van der Waals surface area (Å²) in [5, 5.41) is 9.15. The summed E-state index contributed by atoms with van der Waals surface area (Å²) in [5.41, 5.74) is 2.45. The maximum atomic E-state index is 12.7. The van der Waals surface area contributed by atoms with Crippen LogP contribution < -0.4 is 14.4 Å². The predicted molar refractivity (Wildman–Crippen MR) is 108 cm³/mol. The van der Waals surface area contributed by atoms with Gasteiger partial charge in [0, 0.05) is 36.4 Å². The van der Waals surface area contributed by atoms with Crippen molar-refractivity contribution in [3.63, 3.8) is 0 Å². The molecule has 0 spiro atoms. The fourth-order valence-corrected chi connectivity index (χ4v) is 2.92. The number of pyridine rings is 1. The molecule has 30 heavy (non-hydrogen) atoms. The molecular weight excluding hydrogens is 394 g/mol. The number of rotatable bonds is 9. The third-order valence-electron chi connectivity index (χ3n) is 4.24. The van der Waals surface area contributed by atoms with Crippen LogP contribution in [-0.2, 0) is 6.54 Å². The second-order valence-electron chi connectivity index (χ2n) is 6.24. The monoisotopic (exact) mass is 414 g/mol. The number of carboxylic acid groups (broad SMARTS) is 1. The number of hydrogen-bond donors (Lipinski definition) is 1. The van der Waals surface area contributed by atoms with Crippen molar-refractivity contribution in [1.82, 2.24) is 4.98 Å². The molecule has 1 aromatic heterocycles. The van der Waals surface area contributed by atoms with Gasteiger partial charge in [-0.25, -0.2) is 4.79 Å². The smallest absolute Gasteiger partial charge is 0.387 e. The average molecular weight is 414 g/mol. The van der Waals surface area contributed by atoms with Crippen molar-refractivity contribution in [3.8, 4) is 11.5 Å². The second-order valence-corrected chi connectivity index (χ2v) is 6.24. The first-order valence-corrected chi connectivity index (χ1v) is 9.19. The van der Waals surface area contributed by atoms with Gasteiger partial charge in [0.1, 0.15) is 0 Å². The molecule has 0 bridgehead atoms. The highest BCUT2D eigenvalue weighted by atomic mass is 19.3. The Labute approximate surface area is 172 Å². The van der Waals surface area contributed by atoms with E-state index in [1.165, 1.54) is 18.2 Å². The molecule has 0 fully saturated rings. The van der Waals surface area contributed by atoms with Crippen molar-refractivity contribution in [2.45, 2.75) is 20.1 Å². The number of hydrogen-bond acceptors (Lipinski definition) is 5. The van der Waals surface area contributed by atoms with Gasteiger partial charge in [-0.3, -0.25) is 4.98 Å². The lowest BCUT2D eigenvalue weighted by Gasteiger charge is -2.26. The molecule has 0 saturated heterocycles. The summed E-state index contributed by atoms with van der Waals surface area (Å²) in [6.07, 6.45) is 3.38. The molecule has 0 unspecified atom stereocenters. The van der Waals surface area contributed by atoms with E-state index in [-0.39, 0.29) is 23.7 Å². The quantitative estimate of drug-likeness (QED) is 0.524. The highest BCUT2D eigenvalue weighted by Gasteiger charge is 2.17. The summed E-state index contributed by atoms with van der Waals surface area (Å²) >= 11 is 0. The Morgan fingerprint density at radius 2 is 1.83 bits per heavy atom. The van der Waals surface area contributed by atoms with E-state index < -0.39 is 12.6 Å². The number of nitrogens with zero attached hydrogens (tertiary/aromatic N) is 2. The van der Waals surface area contributed by atoms with Gasteiger partial charge in [-0.15, -0.1) is 0 Å². The Morgan fingerprint density at radius 1 is 1.10 bits per heavy atom. The van der Waals surface area contributed by atoms with Gasteiger partial charge in [0.15, 0.2) is 11.5 Å². The summed E-state index contributed by atoms with van der Waals surface area (Å²) in [5.74, 6) is -0.890. The zero-order valence-corrected chi connectivity index (χ0v) is 16.2. The number of carboxylic acids is 1. The van der Waals surface area contributed by atoms with Crippen LogP contribution in [0.5, 0.6) is 11.5 Å². The van der Waals surface area contributed by atoms with Gasteiger partial charge in [0.2, 0.25) is 0 Å². The average Bonchev–Trinajstić information content (AvgIpc) is 2.74. The molecule has 0 radical (unpaired) electrons. The van der Waals surface area contributed by atoms with Crippen LogP contribution in [0.3, 0.4) is 0 Å². The van der Waals surface area contributed by atoms with E-state index in [1.807, 2.05) is 17.0 Å². The van der Waals surface area contributed by atoms with Gasteiger partial charge in [-0.05, 0) is 55.0 Å². The molecule has 3 aromatic rings. The molecule has 8 heteroatoms. The van der Waals surface area contributed by atoms with Crippen molar-refractivity contribution in [3.05, 3.63) is 78.1 Å². The standard InChI is InChI=1S/C22H20F2N2O4/c1-2-29-20-12-18(9-10-19(20)30-22(23)24)26(14-15-4-3-11-25-13-15)17-7-5-16(6-8-17)21(27)28/h3-13,22H,2,14H2,1H3,(H,27,28). The normalized spacial score (nSPS) is 10.7. The highest BCUT2D eigenvalue weighted by Crippen LogP contribution is 2.36. The van der Waals surface area contributed by atoms with Gasteiger partial charge >= 0.3 is 12.6 Å². The molecule has 0 saturated carbocycles. The molecule has 6 nitrogen and oxygen atoms in total. The summed E-state index contributed by atoms with van der Waals surface area (Å²) in [4.78, 5) is 17.2. The van der Waals surface area contributed by atoms with Crippen molar-refractivity contribution in [2.24, 2.45) is 0 Å². The zero-order chi connectivity index (χ0) is 21.5. The third kappa shape index (κ3) is 5.22. The Balaban J connectivity index is 2.02. The van der Waals surface area contributed by atoms with E-state index in [0.717, 1.165) is 5.56 Å². The van der Waals surface area contributed by atoms with Gasteiger partial charge in [0.25, 0.3) is 0 Å². The van der Waals surface area contributed by atoms with E-state index in [4.69, 9.17) is 9.84 Å². The molecule has 1 heterocycles. The van der Waals surface area contributed by atoms with Crippen LogP contribution in [-0.4, -0.2) is 29.3 Å². The van der Waals surface area contributed by atoms with Crippen LogP contribution in [0.1, 0.15) is 22.8 Å². The number of halogens is 2. The number of ether oxygens (including phenoxy) is 2. The Morgan fingerprint density at radius 3 is 2.43 bits per heavy atom. The number of anilines is 2. The first-order valence-electron chi connectivity index (χ1n) is 9.19. The van der Waals surface area contributed by atoms with E-state index in [0.29, 0.717) is 17.9 Å². The topological polar surface area (TPSA) is 71.9 Å². The van der Waals surface area contributed by atoms with Crippen LogP contribution >= 0.6 is 0 Å². The van der Waals surface area contributed by atoms with Gasteiger partial charge < -0.3 is 19.5 Å². The van der Waals surface area contributed by atoms with Crippen LogP contribution in [0.25, 0.3) is 0 Å². The summed E-state index contributed by atoms with van der Waals surface area (Å²) in [7, 11) is 0. The summed E-state index contributed by atoms with van der Waals surface area (Å²) < 4.78 is 35.5. The first kappa shape index (κ1) is 21.0. The number of aromatic carboxylic acids is 1. The minimum absolute atomic E-state index is 0.0573. The molecule has 2 aromatic carbocycles. The van der Waals surface area contributed by atoms with E-state index in [2.05, 4.69) is 9.72 Å². The van der Waals surface area contributed by atoms with Crippen molar-refractivity contribution in [1.29, 1.82) is 0 Å². The maximum absolute atomic E-state index is 12.7. The zero-order valence-electron chi connectivity index (χ0n) is 16.2. The number of alkyl halides is 2. The Hall–Kier alpha value is -3.68. The molecule has 0 aliphatic heterocycles. The lowest BCUT2D eigenvalue weighted by atomic mass is 10.1.